The summed E-state index contributed by atoms with van der Waals surface area (Å²) < 4.78 is 48.6. The van der Waals surface area contributed by atoms with E-state index in [9.17, 15) is 22.8 Å². The van der Waals surface area contributed by atoms with Gasteiger partial charge in [0.05, 0.1) is 31.3 Å². The maximum absolute atomic E-state index is 12.4. The zero-order valence-electron chi connectivity index (χ0n) is 18.5. The number of fused-ring (bicyclic) bond motifs is 1. The summed E-state index contributed by atoms with van der Waals surface area (Å²) in [4.78, 5) is 31.4. The maximum Gasteiger partial charge on any atom is 0.422 e. The molecule has 0 aliphatic heterocycles. The zero-order chi connectivity index (χ0) is 24.7. The lowest BCUT2D eigenvalue weighted by Crippen LogP contribution is -2.34. The van der Waals surface area contributed by atoms with Gasteiger partial charge in [-0.2, -0.15) is 23.3 Å². The van der Waals surface area contributed by atoms with Gasteiger partial charge in [0.15, 0.2) is 6.61 Å². The molecule has 0 radical (unpaired) electrons. The Morgan fingerprint density at radius 2 is 1.91 bits per heavy atom. The monoisotopic (exact) mass is 480 g/mol. The normalized spacial score (nSPS) is 11.3. The summed E-state index contributed by atoms with van der Waals surface area (Å²) in [6, 6.07) is 4.57. The van der Waals surface area contributed by atoms with E-state index in [-0.39, 0.29) is 36.5 Å². The lowest BCUT2D eigenvalue weighted by molar-refractivity contribution is -0.154. The Morgan fingerprint density at radius 3 is 2.62 bits per heavy atom. The van der Waals surface area contributed by atoms with Crippen LogP contribution in [-0.2, 0) is 22.6 Å². The van der Waals surface area contributed by atoms with Gasteiger partial charge in [0, 0.05) is 49.4 Å². The molecule has 3 heterocycles. The van der Waals surface area contributed by atoms with Crippen molar-refractivity contribution >= 4 is 22.7 Å². The van der Waals surface area contributed by atoms with Crippen LogP contribution < -0.4 is 20.1 Å². The number of methoxy groups -OCH3 is 1. The van der Waals surface area contributed by atoms with Crippen molar-refractivity contribution in [2.75, 3.05) is 26.8 Å². The van der Waals surface area contributed by atoms with Crippen LogP contribution >= 0.6 is 0 Å². The molecule has 0 atom stereocenters. The van der Waals surface area contributed by atoms with Crippen LogP contribution in [0.4, 0.5) is 13.2 Å². The number of amides is 2. The number of aromatic nitrogens is 4. The zero-order valence-corrected chi connectivity index (χ0v) is 18.5. The van der Waals surface area contributed by atoms with Gasteiger partial charge in [-0.3, -0.25) is 19.3 Å². The van der Waals surface area contributed by atoms with Crippen LogP contribution in [0.1, 0.15) is 18.2 Å². The van der Waals surface area contributed by atoms with Crippen molar-refractivity contribution in [1.29, 1.82) is 0 Å². The van der Waals surface area contributed by atoms with E-state index < -0.39 is 12.8 Å². The first-order valence-corrected chi connectivity index (χ1v) is 10.2. The number of rotatable bonds is 10. The topological polar surface area (TPSA) is 120 Å². The third kappa shape index (κ3) is 7.05. The fourth-order valence-electron chi connectivity index (χ4n) is 3.09. The molecule has 0 aliphatic rings. The van der Waals surface area contributed by atoms with Crippen molar-refractivity contribution in [1.82, 2.24) is 30.4 Å². The number of hydrogen-bond donors (Lipinski definition) is 2. The van der Waals surface area contributed by atoms with Crippen LogP contribution in [0, 0.1) is 0 Å². The minimum atomic E-state index is -4.48. The van der Waals surface area contributed by atoms with Crippen molar-refractivity contribution < 1.29 is 32.2 Å². The first kappa shape index (κ1) is 24.7. The Morgan fingerprint density at radius 1 is 1.15 bits per heavy atom. The molecule has 0 bridgehead atoms. The summed E-state index contributed by atoms with van der Waals surface area (Å²) in [5, 5.41) is 10.5. The van der Waals surface area contributed by atoms with Gasteiger partial charge in [0.25, 0.3) is 0 Å². The second-order valence-electron chi connectivity index (χ2n) is 7.25. The Kier molecular flexibility index (Phi) is 7.87. The van der Waals surface area contributed by atoms with Gasteiger partial charge in [0.1, 0.15) is 0 Å². The molecule has 10 nitrogen and oxygen atoms in total. The molecular formula is C21H23F3N6O4. The molecule has 0 aromatic carbocycles. The van der Waals surface area contributed by atoms with Gasteiger partial charge >= 0.3 is 6.18 Å². The van der Waals surface area contributed by atoms with Gasteiger partial charge < -0.3 is 20.1 Å². The quantitative estimate of drug-likeness (QED) is 0.423. The largest absolute Gasteiger partial charge is 0.481 e. The third-order valence-electron chi connectivity index (χ3n) is 4.54. The van der Waals surface area contributed by atoms with E-state index in [4.69, 9.17) is 4.74 Å². The number of carbonyl (C=O) groups excluding carboxylic acids is 2. The molecule has 0 aliphatic carbocycles. The summed E-state index contributed by atoms with van der Waals surface area (Å²) in [5.74, 6) is -0.530. The number of carbonyl (C=O) groups is 2. The summed E-state index contributed by atoms with van der Waals surface area (Å²) in [6.45, 7) is 0.776. The van der Waals surface area contributed by atoms with Crippen LogP contribution in [0.5, 0.6) is 11.8 Å². The smallest absolute Gasteiger partial charge is 0.422 e. The third-order valence-corrected chi connectivity index (χ3v) is 4.54. The van der Waals surface area contributed by atoms with Crippen molar-refractivity contribution in [2.24, 2.45) is 0 Å². The first-order valence-electron chi connectivity index (χ1n) is 10.2. The van der Waals surface area contributed by atoms with Crippen molar-refractivity contribution in [3.05, 3.63) is 41.9 Å². The number of pyridine rings is 2. The number of alkyl halides is 3. The van der Waals surface area contributed by atoms with Crippen LogP contribution in [0.2, 0.25) is 0 Å². The highest BCUT2D eigenvalue weighted by atomic mass is 19.4. The molecule has 3 rings (SSSR count). The molecule has 34 heavy (non-hydrogen) atoms. The number of halogens is 3. The van der Waals surface area contributed by atoms with E-state index in [1.54, 1.807) is 29.2 Å². The molecule has 3 aromatic heterocycles. The molecule has 13 heteroatoms. The van der Waals surface area contributed by atoms with Gasteiger partial charge in [-0.25, -0.2) is 0 Å². The molecule has 0 fully saturated rings. The molecule has 2 amide bonds. The average molecular weight is 480 g/mol. The summed E-state index contributed by atoms with van der Waals surface area (Å²) >= 11 is 0. The van der Waals surface area contributed by atoms with Gasteiger partial charge in [-0.15, -0.1) is 0 Å². The predicted molar refractivity (Wildman–Crippen MR) is 114 cm³/mol. The van der Waals surface area contributed by atoms with Gasteiger partial charge in [0.2, 0.25) is 23.6 Å². The first-order chi connectivity index (χ1) is 16.1. The van der Waals surface area contributed by atoms with Crippen LogP contribution in [0.25, 0.3) is 10.9 Å². The van der Waals surface area contributed by atoms with Crippen molar-refractivity contribution in [2.45, 2.75) is 26.1 Å². The highest BCUT2D eigenvalue weighted by molar-refractivity contribution is 5.86. The van der Waals surface area contributed by atoms with E-state index in [1.165, 1.54) is 20.1 Å². The Hall–Kier alpha value is -3.90. The molecular weight excluding hydrogens is 457 g/mol. The lowest BCUT2D eigenvalue weighted by Gasteiger charge is -2.11. The lowest BCUT2D eigenvalue weighted by atomic mass is 10.2. The predicted octanol–water partition coefficient (Wildman–Crippen LogP) is 1.62. The maximum atomic E-state index is 12.4. The Bertz CT molecular complexity index is 1170. The van der Waals surface area contributed by atoms with E-state index in [0.717, 1.165) is 0 Å². The molecule has 0 unspecified atom stereocenters. The minimum absolute atomic E-state index is 0.0270. The average Bonchev–Trinajstić information content (AvgIpc) is 3.19. The number of hydrogen-bond acceptors (Lipinski definition) is 7. The molecule has 182 valence electrons. The van der Waals surface area contributed by atoms with Crippen molar-refractivity contribution in [3.63, 3.8) is 0 Å². The van der Waals surface area contributed by atoms with E-state index in [0.29, 0.717) is 35.2 Å². The second kappa shape index (κ2) is 10.8. The van der Waals surface area contributed by atoms with Crippen LogP contribution in [0.3, 0.4) is 0 Å². The minimum Gasteiger partial charge on any atom is -0.481 e. The van der Waals surface area contributed by atoms with E-state index >= 15 is 0 Å². The van der Waals surface area contributed by atoms with Gasteiger partial charge in [-0.1, -0.05) is 0 Å². The van der Waals surface area contributed by atoms with Gasteiger partial charge in [-0.05, 0) is 12.1 Å². The van der Waals surface area contributed by atoms with Crippen LogP contribution in [0.15, 0.2) is 30.6 Å². The fraction of sp³-hybridized carbons (Fsp3) is 0.381. The standard InChI is InChI=1S/C21H23F3N6O4/c1-13(31)25-7-8-27-18(32)9-17-15-11-30(29-16(15)5-6-26-17)10-14-3-4-19(28-20(14)33-2)34-12-21(22,23)24/h3-6,11H,7-10,12H2,1-2H3,(H,25,31)(H,27,32). The number of ether oxygens (including phenoxy) is 2. The Labute approximate surface area is 192 Å². The molecule has 3 aromatic rings. The summed E-state index contributed by atoms with van der Waals surface area (Å²) in [5.41, 5.74) is 1.72. The Balaban J connectivity index is 1.70. The second-order valence-corrected chi connectivity index (χ2v) is 7.25. The summed E-state index contributed by atoms with van der Waals surface area (Å²) in [7, 11) is 1.35. The van der Waals surface area contributed by atoms with E-state index in [2.05, 4.69) is 30.4 Å². The number of nitrogens with zero attached hydrogens (tertiary/aromatic N) is 4. The molecule has 0 saturated heterocycles. The highest BCUT2D eigenvalue weighted by Gasteiger charge is 2.28. The van der Waals surface area contributed by atoms with Crippen molar-refractivity contribution in [3.8, 4) is 11.8 Å². The highest BCUT2D eigenvalue weighted by Crippen LogP contribution is 2.24. The summed E-state index contributed by atoms with van der Waals surface area (Å²) in [6.07, 6.45) is -1.18. The molecule has 2 N–H and O–H groups in total. The SMILES string of the molecule is COc1nc(OCC(F)(F)F)ccc1Cn1cc2c(CC(=O)NCCNC(C)=O)nccc2n1. The molecule has 0 saturated carbocycles. The number of nitrogens with one attached hydrogen (secondary N) is 2. The molecule has 0 spiro atoms. The van der Waals surface area contributed by atoms with Crippen LogP contribution in [-0.4, -0.2) is 64.5 Å². The van der Waals surface area contributed by atoms with E-state index in [1.807, 2.05) is 0 Å². The fourth-order valence-corrected chi connectivity index (χ4v) is 3.09.